The molecule has 0 aromatic carbocycles. The van der Waals surface area contributed by atoms with E-state index < -0.39 is 0 Å². The molecular formula is C9H15ClN2. The van der Waals surface area contributed by atoms with Crippen molar-refractivity contribution in [3.05, 3.63) is 11.6 Å². The van der Waals surface area contributed by atoms with Crippen LogP contribution < -0.4 is 0 Å². The highest BCUT2D eigenvalue weighted by Crippen LogP contribution is 2.06. The molecule has 0 saturated heterocycles. The van der Waals surface area contributed by atoms with E-state index in [4.69, 9.17) is 16.9 Å². The van der Waals surface area contributed by atoms with Gasteiger partial charge in [0.15, 0.2) is 0 Å². The van der Waals surface area contributed by atoms with Gasteiger partial charge < -0.3 is 0 Å². The average Bonchev–Trinajstić information content (AvgIpc) is 1.96. The molecule has 0 aromatic heterocycles. The average molecular weight is 187 g/mol. The maximum absolute atomic E-state index is 8.40. The Morgan fingerprint density at radius 1 is 1.67 bits per heavy atom. The summed E-state index contributed by atoms with van der Waals surface area (Å²) >= 11 is 5.68. The van der Waals surface area contributed by atoms with Crippen LogP contribution in [0.3, 0.4) is 0 Å². The lowest BCUT2D eigenvalue weighted by atomic mass is 10.3. The lowest BCUT2D eigenvalue weighted by molar-refractivity contribution is 0.250. The number of hydrogen-bond donors (Lipinski definition) is 0. The molecule has 0 N–H and O–H groups in total. The molecule has 0 spiro atoms. The van der Waals surface area contributed by atoms with Crippen molar-refractivity contribution in [1.82, 2.24) is 4.90 Å². The fraction of sp³-hybridized carbons (Fsp3) is 0.667. The molecule has 3 heteroatoms. The van der Waals surface area contributed by atoms with Crippen LogP contribution in [-0.4, -0.2) is 24.0 Å². The topological polar surface area (TPSA) is 27.0 Å². The molecule has 0 atom stereocenters. The first-order valence-electron chi connectivity index (χ1n) is 4.02. The van der Waals surface area contributed by atoms with Gasteiger partial charge in [-0.2, -0.15) is 5.26 Å². The molecule has 0 aliphatic heterocycles. The second-order valence-electron chi connectivity index (χ2n) is 2.99. The van der Waals surface area contributed by atoms with E-state index in [1.807, 2.05) is 0 Å². The number of halogens is 1. The Balaban J connectivity index is 3.88. The SMILES string of the molecule is C=C(Cl)CN(CCC#N)C(C)C. The minimum Gasteiger partial charge on any atom is -0.295 e. The van der Waals surface area contributed by atoms with E-state index in [1.54, 1.807) is 0 Å². The van der Waals surface area contributed by atoms with Crippen molar-refractivity contribution in [2.24, 2.45) is 0 Å². The smallest absolute Gasteiger partial charge is 0.0635 e. The third kappa shape index (κ3) is 5.17. The standard InChI is InChI=1S/C9H15ClN2/c1-8(2)12(6-4-5-11)7-9(3)10/h8H,3-4,6-7H2,1-2H3. The summed E-state index contributed by atoms with van der Waals surface area (Å²) in [7, 11) is 0. The zero-order chi connectivity index (χ0) is 9.56. The molecular weight excluding hydrogens is 172 g/mol. The molecule has 12 heavy (non-hydrogen) atoms. The normalized spacial score (nSPS) is 10.3. The van der Waals surface area contributed by atoms with Gasteiger partial charge in [-0.15, -0.1) is 0 Å². The van der Waals surface area contributed by atoms with E-state index in [2.05, 4.69) is 31.4 Å². The molecule has 0 radical (unpaired) electrons. The highest BCUT2D eigenvalue weighted by Gasteiger charge is 2.08. The van der Waals surface area contributed by atoms with Crippen LogP contribution in [0, 0.1) is 11.3 Å². The Kier molecular flexibility index (Phi) is 5.79. The van der Waals surface area contributed by atoms with Gasteiger partial charge >= 0.3 is 0 Å². The summed E-state index contributed by atoms with van der Waals surface area (Å²) in [6, 6.07) is 2.52. The van der Waals surface area contributed by atoms with Gasteiger partial charge in [-0.1, -0.05) is 18.2 Å². The Bertz CT molecular complexity index is 181. The summed E-state index contributed by atoms with van der Waals surface area (Å²) in [5, 5.41) is 9.03. The second-order valence-corrected chi connectivity index (χ2v) is 3.52. The molecule has 0 bridgehead atoms. The molecule has 0 heterocycles. The Morgan fingerprint density at radius 3 is 2.58 bits per heavy atom. The van der Waals surface area contributed by atoms with E-state index in [0.29, 0.717) is 24.0 Å². The van der Waals surface area contributed by atoms with E-state index in [9.17, 15) is 0 Å². The van der Waals surface area contributed by atoms with E-state index in [0.717, 1.165) is 6.54 Å². The predicted octanol–water partition coefficient (Wildman–Crippen LogP) is 2.36. The van der Waals surface area contributed by atoms with Crippen LogP contribution in [0.2, 0.25) is 0 Å². The molecule has 0 fully saturated rings. The zero-order valence-electron chi connectivity index (χ0n) is 7.68. The minimum absolute atomic E-state index is 0.411. The van der Waals surface area contributed by atoms with E-state index in [1.165, 1.54) is 0 Å². The van der Waals surface area contributed by atoms with Crippen molar-refractivity contribution in [3.8, 4) is 6.07 Å². The fourth-order valence-electron chi connectivity index (χ4n) is 0.934. The maximum atomic E-state index is 8.40. The maximum Gasteiger partial charge on any atom is 0.0635 e. The molecule has 0 aliphatic carbocycles. The van der Waals surface area contributed by atoms with Gasteiger partial charge in [-0.3, -0.25) is 4.90 Å². The monoisotopic (exact) mass is 186 g/mol. The van der Waals surface area contributed by atoms with E-state index >= 15 is 0 Å². The quantitative estimate of drug-likeness (QED) is 0.659. The molecule has 0 aliphatic rings. The number of nitriles is 1. The third-order valence-electron chi connectivity index (χ3n) is 1.62. The van der Waals surface area contributed by atoms with Gasteiger partial charge in [0.2, 0.25) is 0 Å². The van der Waals surface area contributed by atoms with E-state index in [-0.39, 0.29) is 0 Å². The van der Waals surface area contributed by atoms with Crippen LogP contribution in [0.25, 0.3) is 0 Å². The Labute approximate surface area is 79.4 Å². The summed E-state index contributed by atoms with van der Waals surface area (Å²) in [5.74, 6) is 0. The van der Waals surface area contributed by atoms with Crippen LogP contribution in [0.1, 0.15) is 20.3 Å². The highest BCUT2D eigenvalue weighted by molar-refractivity contribution is 6.29. The summed E-state index contributed by atoms with van der Waals surface area (Å²) in [5.41, 5.74) is 0. The molecule has 0 unspecified atom stereocenters. The lowest BCUT2D eigenvalue weighted by Crippen LogP contribution is -2.32. The Hall–Kier alpha value is -0.520. The molecule has 0 rings (SSSR count). The third-order valence-corrected chi connectivity index (χ3v) is 1.74. The number of nitrogens with zero attached hydrogens (tertiary/aromatic N) is 2. The molecule has 0 amide bonds. The van der Waals surface area contributed by atoms with Crippen molar-refractivity contribution in [3.63, 3.8) is 0 Å². The number of rotatable bonds is 5. The van der Waals surface area contributed by atoms with Crippen molar-refractivity contribution in [2.75, 3.05) is 13.1 Å². The van der Waals surface area contributed by atoms with Gasteiger partial charge in [-0.25, -0.2) is 0 Å². The van der Waals surface area contributed by atoms with Crippen LogP contribution >= 0.6 is 11.6 Å². The van der Waals surface area contributed by atoms with Gasteiger partial charge in [0.05, 0.1) is 6.07 Å². The molecule has 0 saturated carbocycles. The van der Waals surface area contributed by atoms with Gasteiger partial charge in [0, 0.05) is 30.6 Å². The summed E-state index contributed by atoms with van der Waals surface area (Å²) in [6.07, 6.45) is 0.544. The summed E-state index contributed by atoms with van der Waals surface area (Å²) < 4.78 is 0. The van der Waals surface area contributed by atoms with Crippen LogP contribution in [-0.2, 0) is 0 Å². The van der Waals surface area contributed by atoms with Crippen molar-refractivity contribution < 1.29 is 0 Å². The van der Waals surface area contributed by atoms with Crippen LogP contribution in [0.4, 0.5) is 0 Å². The summed E-state index contributed by atoms with van der Waals surface area (Å²) in [4.78, 5) is 2.12. The first-order chi connectivity index (χ1) is 5.57. The summed E-state index contributed by atoms with van der Waals surface area (Å²) in [6.45, 7) is 9.22. The minimum atomic E-state index is 0.411. The van der Waals surface area contributed by atoms with Crippen molar-refractivity contribution in [1.29, 1.82) is 5.26 Å². The molecule has 0 aromatic rings. The lowest BCUT2D eigenvalue weighted by Gasteiger charge is -2.24. The molecule has 2 nitrogen and oxygen atoms in total. The van der Waals surface area contributed by atoms with Gasteiger partial charge in [-0.05, 0) is 13.8 Å². The first-order valence-corrected chi connectivity index (χ1v) is 4.40. The van der Waals surface area contributed by atoms with Crippen molar-refractivity contribution >= 4 is 11.6 Å². The molecule has 68 valence electrons. The Morgan fingerprint density at radius 2 is 2.25 bits per heavy atom. The number of hydrogen-bond acceptors (Lipinski definition) is 2. The largest absolute Gasteiger partial charge is 0.295 e. The first kappa shape index (κ1) is 11.5. The second kappa shape index (κ2) is 6.05. The van der Waals surface area contributed by atoms with Gasteiger partial charge in [0.1, 0.15) is 0 Å². The fourth-order valence-corrected chi connectivity index (χ4v) is 1.09. The van der Waals surface area contributed by atoms with Crippen LogP contribution in [0.5, 0.6) is 0 Å². The van der Waals surface area contributed by atoms with Crippen LogP contribution in [0.15, 0.2) is 11.6 Å². The predicted molar refractivity (Wildman–Crippen MR) is 51.9 cm³/mol. The zero-order valence-corrected chi connectivity index (χ0v) is 8.43. The van der Waals surface area contributed by atoms with Gasteiger partial charge in [0.25, 0.3) is 0 Å². The van der Waals surface area contributed by atoms with Crippen molar-refractivity contribution in [2.45, 2.75) is 26.3 Å². The highest BCUT2D eigenvalue weighted by atomic mass is 35.5.